The third kappa shape index (κ3) is 8.76. The summed E-state index contributed by atoms with van der Waals surface area (Å²) in [7, 11) is 0. The van der Waals surface area contributed by atoms with Gasteiger partial charge >= 0.3 is 12.1 Å². The molecule has 1 atom stereocenters. The first kappa shape index (κ1) is 30.0. The number of imide groups is 1. The SMILES string of the molecule is CC(C)(C)OC(=O)N1CCCC[C@H](NC(=O)c2cc(-c3ccccc3)sc2NC(=O)NC(=O)C(Cl)(Cl)Cl)C1. The number of hydrogen-bond donors (Lipinski definition) is 3. The number of carbonyl (C=O) groups excluding carboxylic acids is 4. The fourth-order valence-electron chi connectivity index (χ4n) is 3.72. The summed E-state index contributed by atoms with van der Waals surface area (Å²) >= 11 is 17.7. The zero-order valence-electron chi connectivity index (χ0n) is 21.1. The molecule has 1 aliphatic heterocycles. The van der Waals surface area contributed by atoms with Gasteiger partial charge < -0.3 is 15.0 Å². The van der Waals surface area contributed by atoms with Crippen LogP contribution in [-0.4, -0.2) is 57.4 Å². The molecule has 1 aromatic heterocycles. The van der Waals surface area contributed by atoms with Crippen molar-refractivity contribution in [1.82, 2.24) is 15.5 Å². The summed E-state index contributed by atoms with van der Waals surface area (Å²) in [5, 5.41) is 7.64. The first-order chi connectivity index (χ1) is 17.7. The number of likely N-dealkylation sites (tertiary alicyclic amines) is 1. The van der Waals surface area contributed by atoms with E-state index in [9.17, 15) is 19.2 Å². The molecule has 38 heavy (non-hydrogen) atoms. The lowest BCUT2D eigenvalue weighted by Crippen LogP contribution is -2.46. The standard InChI is InChI=1S/C25H29Cl3N4O5S/c1-24(2,3)37-23(36)32-12-8-7-11-16(14-32)29-19(33)17-13-18(15-9-5-4-6-10-15)38-20(17)30-22(35)31-21(34)25(26,27)28/h4-6,9-10,13,16H,7-8,11-12,14H2,1-3H3,(H,29,33)(H2,30,31,34,35)/t16-/m0/s1. The van der Waals surface area contributed by atoms with Crippen LogP contribution in [0.3, 0.4) is 0 Å². The van der Waals surface area contributed by atoms with Crippen LogP contribution in [0.5, 0.6) is 0 Å². The first-order valence-corrected chi connectivity index (χ1v) is 13.8. The van der Waals surface area contributed by atoms with Crippen molar-refractivity contribution in [3.8, 4) is 10.4 Å². The van der Waals surface area contributed by atoms with E-state index in [2.05, 4.69) is 10.6 Å². The van der Waals surface area contributed by atoms with Crippen molar-refractivity contribution in [2.24, 2.45) is 0 Å². The lowest BCUT2D eigenvalue weighted by Gasteiger charge is -2.28. The molecule has 206 valence electrons. The maximum Gasteiger partial charge on any atom is 0.410 e. The molecule has 1 saturated heterocycles. The molecule has 0 saturated carbocycles. The maximum atomic E-state index is 13.4. The number of halogens is 3. The van der Waals surface area contributed by atoms with E-state index in [4.69, 9.17) is 39.5 Å². The fourth-order valence-corrected chi connectivity index (χ4v) is 4.92. The summed E-state index contributed by atoms with van der Waals surface area (Å²) in [6.07, 6.45) is 1.84. The van der Waals surface area contributed by atoms with Gasteiger partial charge in [0.1, 0.15) is 10.6 Å². The van der Waals surface area contributed by atoms with Crippen LogP contribution >= 0.6 is 46.1 Å². The third-order valence-corrected chi connectivity index (χ3v) is 7.02. The van der Waals surface area contributed by atoms with Crippen molar-refractivity contribution in [2.75, 3.05) is 18.4 Å². The predicted molar refractivity (Wildman–Crippen MR) is 150 cm³/mol. The number of nitrogens with zero attached hydrogens (tertiary/aromatic N) is 1. The highest BCUT2D eigenvalue weighted by Gasteiger charge is 2.33. The lowest BCUT2D eigenvalue weighted by molar-refractivity contribution is -0.119. The zero-order valence-corrected chi connectivity index (χ0v) is 24.2. The average molecular weight is 604 g/mol. The molecule has 5 amide bonds. The van der Waals surface area contributed by atoms with Crippen LogP contribution in [0.4, 0.5) is 14.6 Å². The number of benzene rings is 1. The Morgan fingerprint density at radius 2 is 1.74 bits per heavy atom. The molecule has 0 spiro atoms. The summed E-state index contributed by atoms with van der Waals surface area (Å²) in [5.74, 6) is -1.57. The Morgan fingerprint density at radius 3 is 2.37 bits per heavy atom. The number of carbonyl (C=O) groups is 4. The Morgan fingerprint density at radius 1 is 1.05 bits per heavy atom. The van der Waals surface area contributed by atoms with Crippen molar-refractivity contribution in [3.05, 3.63) is 42.0 Å². The number of urea groups is 1. The van der Waals surface area contributed by atoms with Gasteiger partial charge in [-0.2, -0.15) is 0 Å². The minimum Gasteiger partial charge on any atom is -0.444 e. The molecule has 1 fully saturated rings. The smallest absolute Gasteiger partial charge is 0.410 e. The van der Waals surface area contributed by atoms with Crippen LogP contribution < -0.4 is 16.0 Å². The molecule has 2 heterocycles. The minimum atomic E-state index is -2.33. The van der Waals surface area contributed by atoms with Crippen LogP contribution in [0.25, 0.3) is 10.4 Å². The van der Waals surface area contributed by atoms with Gasteiger partial charge in [0.2, 0.25) is 0 Å². The minimum absolute atomic E-state index is 0.193. The van der Waals surface area contributed by atoms with Gasteiger partial charge in [-0.3, -0.25) is 20.2 Å². The van der Waals surface area contributed by atoms with Gasteiger partial charge in [0.15, 0.2) is 0 Å². The van der Waals surface area contributed by atoms with E-state index in [0.29, 0.717) is 13.0 Å². The molecule has 0 radical (unpaired) electrons. The van der Waals surface area contributed by atoms with Gasteiger partial charge in [-0.05, 0) is 51.7 Å². The molecule has 13 heteroatoms. The molecule has 1 aromatic carbocycles. The topological polar surface area (TPSA) is 117 Å². The molecule has 0 unspecified atom stereocenters. The van der Waals surface area contributed by atoms with E-state index in [1.165, 1.54) is 0 Å². The monoisotopic (exact) mass is 602 g/mol. The first-order valence-electron chi connectivity index (χ1n) is 11.9. The third-order valence-electron chi connectivity index (χ3n) is 5.40. The van der Waals surface area contributed by atoms with Crippen molar-refractivity contribution >= 4 is 75.1 Å². The number of rotatable bonds is 4. The second-order valence-electron chi connectivity index (χ2n) is 9.72. The molecule has 0 aliphatic carbocycles. The molecule has 1 aliphatic rings. The lowest BCUT2D eigenvalue weighted by atomic mass is 10.1. The van der Waals surface area contributed by atoms with E-state index in [1.54, 1.807) is 31.7 Å². The fraction of sp³-hybridized carbons (Fsp3) is 0.440. The average Bonchev–Trinajstić information content (AvgIpc) is 3.08. The Hall–Kier alpha value is -2.53. The van der Waals surface area contributed by atoms with E-state index < -0.39 is 33.3 Å². The van der Waals surface area contributed by atoms with Crippen molar-refractivity contribution in [3.63, 3.8) is 0 Å². The normalized spacial score (nSPS) is 16.3. The van der Waals surface area contributed by atoms with Gasteiger partial charge in [-0.25, -0.2) is 9.59 Å². The van der Waals surface area contributed by atoms with E-state index in [0.717, 1.165) is 34.6 Å². The highest BCUT2D eigenvalue weighted by atomic mass is 35.6. The number of anilines is 1. The van der Waals surface area contributed by atoms with Gasteiger partial charge in [0.25, 0.3) is 15.6 Å². The maximum absolute atomic E-state index is 13.4. The van der Waals surface area contributed by atoms with Crippen LogP contribution in [0.15, 0.2) is 36.4 Å². The van der Waals surface area contributed by atoms with Gasteiger partial charge in [0, 0.05) is 24.0 Å². The van der Waals surface area contributed by atoms with Crippen molar-refractivity contribution in [1.29, 1.82) is 0 Å². The Balaban J connectivity index is 1.80. The van der Waals surface area contributed by atoms with Gasteiger partial charge in [0.05, 0.1) is 5.56 Å². The summed E-state index contributed by atoms with van der Waals surface area (Å²) < 4.78 is 3.18. The second-order valence-corrected chi connectivity index (χ2v) is 13.1. The Bertz CT molecular complexity index is 1180. The van der Waals surface area contributed by atoms with E-state index in [1.807, 2.05) is 35.6 Å². The number of alkyl halides is 3. The van der Waals surface area contributed by atoms with Crippen molar-refractivity contribution < 1.29 is 23.9 Å². The summed E-state index contributed by atoms with van der Waals surface area (Å²) in [5.41, 5.74) is 0.395. The Kier molecular flexibility index (Phi) is 9.91. The molecular weight excluding hydrogens is 575 g/mol. The van der Waals surface area contributed by atoms with Gasteiger partial charge in [-0.15, -0.1) is 11.3 Å². The summed E-state index contributed by atoms with van der Waals surface area (Å²) in [4.78, 5) is 52.7. The highest BCUT2D eigenvalue weighted by molar-refractivity contribution is 7.20. The van der Waals surface area contributed by atoms with Crippen LogP contribution in [-0.2, 0) is 9.53 Å². The molecule has 9 nitrogen and oxygen atoms in total. The number of ether oxygens (including phenoxy) is 1. The Labute approximate surface area is 240 Å². The molecule has 3 rings (SSSR count). The number of hydrogen-bond acceptors (Lipinski definition) is 6. The number of amides is 5. The quantitative estimate of drug-likeness (QED) is 0.373. The number of nitrogens with one attached hydrogen (secondary N) is 3. The number of thiophene rings is 1. The van der Waals surface area contributed by atoms with Crippen LogP contribution in [0.2, 0.25) is 0 Å². The van der Waals surface area contributed by atoms with Crippen molar-refractivity contribution in [2.45, 2.75) is 55.5 Å². The second kappa shape index (κ2) is 12.5. The van der Waals surface area contributed by atoms with Crippen LogP contribution in [0.1, 0.15) is 50.4 Å². The van der Waals surface area contributed by atoms with E-state index in [-0.39, 0.29) is 23.2 Å². The molecule has 2 aromatic rings. The predicted octanol–water partition coefficient (Wildman–Crippen LogP) is 5.95. The molecular formula is C25H29Cl3N4O5S. The highest BCUT2D eigenvalue weighted by Crippen LogP contribution is 2.36. The van der Waals surface area contributed by atoms with Crippen LogP contribution in [0, 0.1) is 0 Å². The van der Waals surface area contributed by atoms with E-state index >= 15 is 0 Å². The largest absolute Gasteiger partial charge is 0.444 e. The zero-order chi connectivity index (χ0) is 28.1. The summed E-state index contributed by atoms with van der Waals surface area (Å²) in [6, 6.07) is 9.68. The van der Waals surface area contributed by atoms with Gasteiger partial charge in [-0.1, -0.05) is 65.1 Å². The molecule has 3 N–H and O–H groups in total. The summed E-state index contributed by atoms with van der Waals surface area (Å²) in [6.45, 7) is 6.22. The molecule has 0 bridgehead atoms.